The highest BCUT2D eigenvalue weighted by molar-refractivity contribution is 6.30. The summed E-state index contributed by atoms with van der Waals surface area (Å²) >= 11 is 5.74. The van der Waals surface area contributed by atoms with E-state index in [0.717, 1.165) is 13.0 Å². The molecule has 1 N–H and O–H groups in total. The molecule has 0 aliphatic carbocycles. The number of ether oxygens (including phenoxy) is 1. The minimum atomic E-state index is -0.304. The SMILES string of the molecule is CCNC(CCc1cccc(Cl)c1F)COC. The maximum absolute atomic E-state index is 13.6. The first-order valence-electron chi connectivity index (χ1n) is 5.84. The van der Waals surface area contributed by atoms with Crippen molar-refractivity contribution in [3.8, 4) is 0 Å². The topological polar surface area (TPSA) is 21.3 Å². The first kappa shape index (κ1) is 14.4. The van der Waals surface area contributed by atoms with Crippen LogP contribution in [0.4, 0.5) is 4.39 Å². The zero-order valence-corrected chi connectivity index (χ0v) is 11.1. The monoisotopic (exact) mass is 259 g/mol. The van der Waals surface area contributed by atoms with Gasteiger partial charge < -0.3 is 10.1 Å². The number of aryl methyl sites for hydroxylation is 1. The summed E-state index contributed by atoms with van der Waals surface area (Å²) in [4.78, 5) is 0. The predicted octanol–water partition coefficient (Wildman–Crippen LogP) is 3.04. The second-order valence-electron chi connectivity index (χ2n) is 3.96. The molecule has 0 amide bonds. The van der Waals surface area contributed by atoms with Crippen molar-refractivity contribution in [2.75, 3.05) is 20.3 Å². The number of hydrogen-bond donors (Lipinski definition) is 1. The Labute approximate surface area is 107 Å². The highest BCUT2D eigenvalue weighted by atomic mass is 35.5. The molecule has 0 aliphatic rings. The average molecular weight is 260 g/mol. The molecule has 4 heteroatoms. The Bertz CT molecular complexity index is 340. The fourth-order valence-electron chi connectivity index (χ4n) is 1.81. The van der Waals surface area contributed by atoms with Crippen molar-refractivity contribution in [2.45, 2.75) is 25.8 Å². The molecule has 0 heterocycles. The third kappa shape index (κ3) is 4.62. The molecule has 0 bridgehead atoms. The minimum Gasteiger partial charge on any atom is -0.383 e. The van der Waals surface area contributed by atoms with Crippen LogP contribution in [0.5, 0.6) is 0 Å². The molecule has 0 spiro atoms. The van der Waals surface area contributed by atoms with Crippen LogP contribution in [0.15, 0.2) is 18.2 Å². The molecule has 1 atom stereocenters. The van der Waals surface area contributed by atoms with E-state index in [1.54, 1.807) is 25.3 Å². The second-order valence-corrected chi connectivity index (χ2v) is 4.37. The molecular formula is C13H19ClFNO. The summed E-state index contributed by atoms with van der Waals surface area (Å²) in [5.41, 5.74) is 0.663. The zero-order chi connectivity index (χ0) is 12.7. The average Bonchev–Trinajstić information content (AvgIpc) is 2.31. The van der Waals surface area contributed by atoms with E-state index in [9.17, 15) is 4.39 Å². The Balaban J connectivity index is 2.55. The van der Waals surface area contributed by atoms with Crippen molar-refractivity contribution in [3.05, 3.63) is 34.6 Å². The molecule has 1 aromatic carbocycles. The van der Waals surface area contributed by atoms with E-state index in [-0.39, 0.29) is 16.9 Å². The summed E-state index contributed by atoms with van der Waals surface area (Å²) in [6.45, 7) is 3.56. The maximum atomic E-state index is 13.6. The van der Waals surface area contributed by atoms with Gasteiger partial charge in [0.1, 0.15) is 5.82 Å². The zero-order valence-electron chi connectivity index (χ0n) is 10.3. The van der Waals surface area contributed by atoms with Gasteiger partial charge in [-0.15, -0.1) is 0 Å². The molecular weight excluding hydrogens is 241 g/mol. The summed E-state index contributed by atoms with van der Waals surface area (Å²) in [6.07, 6.45) is 1.49. The minimum absolute atomic E-state index is 0.189. The Hall–Kier alpha value is -0.640. The molecule has 17 heavy (non-hydrogen) atoms. The van der Waals surface area contributed by atoms with Crippen LogP contribution < -0.4 is 5.32 Å². The molecule has 96 valence electrons. The number of hydrogen-bond acceptors (Lipinski definition) is 2. The number of methoxy groups -OCH3 is 1. The van der Waals surface area contributed by atoms with Gasteiger partial charge in [-0.25, -0.2) is 4.39 Å². The van der Waals surface area contributed by atoms with Gasteiger partial charge in [0.15, 0.2) is 0 Å². The summed E-state index contributed by atoms with van der Waals surface area (Å²) in [7, 11) is 1.67. The van der Waals surface area contributed by atoms with Crippen LogP contribution >= 0.6 is 11.6 Å². The first-order valence-corrected chi connectivity index (χ1v) is 6.22. The van der Waals surface area contributed by atoms with Crippen molar-refractivity contribution in [1.29, 1.82) is 0 Å². The van der Waals surface area contributed by atoms with Gasteiger partial charge in [0.2, 0.25) is 0 Å². The normalized spacial score (nSPS) is 12.7. The van der Waals surface area contributed by atoms with E-state index in [1.807, 2.05) is 6.92 Å². The van der Waals surface area contributed by atoms with Crippen LogP contribution in [-0.2, 0) is 11.2 Å². The number of likely N-dealkylation sites (N-methyl/N-ethyl adjacent to an activating group) is 1. The Kier molecular flexibility index (Phi) is 6.48. The Morgan fingerprint density at radius 1 is 1.47 bits per heavy atom. The van der Waals surface area contributed by atoms with Gasteiger partial charge in [-0.05, 0) is 31.0 Å². The van der Waals surface area contributed by atoms with Gasteiger partial charge in [-0.1, -0.05) is 30.7 Å². The van der Waals surface area contributed by atoms with Crippen molar-refractivity contribution in [1.82, 2.24) is 5.32 Å². The van der Waals surface area contributed by atoms with Crippen LogP contribution in [0.25, 0.3) is 0 Å². The molecule has 0 fully saturated rings. The summed E-state index contributed by atoms with van der Waals surface area (Å²) < 4.78 is 18.8. The maximum Gasteiger partial charge on any atom is 0.144 e. The highest BCUT2D eigenvalue weighted by Gasteiger charge is 2.10. The molecule has 0 aromatic heterocycles. The largest absolute Gasteiger partial charge is 0.383 e. The molecule has 1 unspecified atom stereocenters. The fraction of sp³-hybridized carbons (Fsp3) is 0.538. The van der Waals surface area contributed by atoms with Crippen molar-refractivity contribution in [2.24, 2.45) is 0 Å². The molecule has 0 saturated carbocycles. The third-order valence-electron chi connectivity index (χ3n) is 2.65. The third-order valence-corrected chi connectivity index (χ3v) is 2.95. The molecule has 2 nitrogen and oxygen atoms in total. The lowest BCUT2D eigenvalue weighted by Crippen LogP contribution is -2.33. The van der Waals surface area contributed by atoms with Crippen LogP contribution in [0.2, 0.25) is 5.02 Å². The van der Waals surface area contributed by atoms with E-state index in [2.05, 4.69) is 5.32 Å². The summed E-state index contributed by atoms with van der Waals surface area (Å²) in [6, 6.07) is 5.37. The fourth-order valence-corrected chi connectivity index (χ4v) is 2.00. The van der Waals surface area contributed by atoms with Crippen LogP contribution in [0.1, 0.15) is 18.9 Å². The lowest BCUT2D eigenvalue weighted by atomic mass is 10.1. The van der Waals surface area contributed by atoms with Gasteiger partial charge in [-0.2, -0.15) is 0 Å². The summed E-state index contributed by atoms with van der Waals surface area (Å²) in [5, 5.41) is 3.50. The molecule has 0 radical (unpaired) electrons. The van der Waals surface area contributed by atoms with Gasteiger partial charge in [0, 0.05) is 13.2 Å². The van der Waals surface area contributed by atoms with Crippen LogP contribution in [0, 0.1) is 5.82 Å². The van der Waals surface area contributed by atoms with E-state index < -0.39 is 0 Å². The van der Waals surface area contributed by atoms with Crippen molar-refractivity contribution >= 4 is 11.6 Å². The highest BCUT2D eigenvalue weighted by Crippen LogP contribution is 2.19. The number of benzene rings is 1. The van der Waals surface area contributed by atoms with Crippen LogP contribution in [-0.4, -0.2) is 26.3 Å². The van der Waals surface area contributed by atoms with Gasteiger partial charge in [-0.3, -0.25) is 0 Å². The first-order chi connectivity index (χ1) is 8.19. The molecule has 1 aromatic rings. The van der Waals surface area contributed by atoms with E-state index in [0.29, 0.717) is 18.6 Å². The lowest BCUT2D eigenvalue weighted by molar-refractivity contribution is 0.163. The predicted molar refractivity (Wildman–Crippen MR) is 69.1 cm³/mol. The number of nitrogens with one attached hydrogen (secondary N) is 1. The van der Waals surface area contributed by atoms with Gasteiger partial charge in [0.25, 0.3) is 0 Å². The van der Waals surface area contributed by atoms with E-state index >= 15 is 0 Å². The summed E-state index contributed by atoms with van der Waals surface area (Å²) in [5.74, 6) is -0.304. The molecule has 0 aliphatic heterocycles. The second kappa shape index (κ2) is 7.64. The van der Waals surface area contributed by atoms with Crippen molar-refractivity contribution in [3.63, 3.8) is 0 Å². The number of halogens is 2. The quantitative estimate of drug-likeness (QED) is 0.813. The van der Waals surface area contributed by atoms with Crippen LogP contribution in [0.3, 0.4) is 0 Å². The van der Waals surface area contributed by atoms with E-state index in [4.69, 9.17) is 16.3 Å². The molecule has 1 rings (SSSR count). The Morgan fingerprint density at radius 3 is 2.88 bits per heavy atom. The van der Waals surface area contributed by atoms with E-state index in [1.165, 1.54) is 0 Å². The molecule has 0 saturated heterocycles. The van der Waals surface area contributed by atoms with Crippen molar-refractivity contribution < 1.29 is 9.13 Å². The Morgan fingerprint density at radius 2 is 2.24 bits per heavy atom. The number of rotatable bonds is 7. The lowest BCUT2D eigenvalue weighted by Gasteiger charge is -2.17. The smallest absolute Gasteiger partial charge is 0.144 e. The van der Waals surface area contributed by atoms with Gasteiger partial charge >= 0.3 is 0 Å². The standard InChI is InChI=1S/C13H19ClFNO/c1-3-16-11(9-17-2)8-7-10-5-4-6-12(14)13(10)15/h4-6,11,16H,3,7-9H2,1-2H3. The van der Waals surface area contributed by atoms with Gasteiger partial charge in [0.05, 0.1) is 11.6 Å².